The van der Waals surface area contributed by atoms with Gasteiger partial charge in [-0.15, -0.1) is 0 Å². The molecular weight excluding hydrogens is 400 g/mol. The van der Waals surface area contributed by atoms with Crippen LogP contribution in [0.5, 0.6) is 0 Å². The lowest BCUT2D eigenvalue weighted by molar-refractivity contribution is 0.600. The topological polar surface area (TPSA) is 90.0 Å². The number of nitrogens with one attached hydrogen (secondary N) is 1. The van der Waals surface area contributed by atoms with Crippen LogP contribution in [0.15, 0.2) is 38.2 Å². The Hall–Kier alpha value is -1.06. The number of nitrogens with zero attached hydrogens (tertiary/aromatic N) is 2. The standard InChI is InChI=1S/C10H10Br2N4O2S/c1-16-9(2-3-14-16)15-19(17,18)10-7(12)4-6(11)5-8(10)13/h2-5,15H,13H2,1H3. The largest absolute Gasteiger partial charge is 0.398 e. The van der Waals surface area contributed by atoms with Gasteiger partial charge in [-0.2, -0.15) is 5.10 Å². The molecule has 1 heterocycles. The van der Waals surface area contributed by atoms with E-state index in [1.54, 1.807) is 19.2 Å². The van der Waals surface area contributed by atoms with E-state index in [1.807, 2.05) is 0 Å². The highest BCUT2D eigenvalue weighted by molar-refractivity contribution is 9.11. The van der Waals surface area contributed by atoms with E-state index in [0.29, 0.717) is 14.8 Å². The van der Waals surface area contributed by atoms with Gasteiger partial charge >= 0.3 is 0 Å². The highest BCUT2D eigenvalue weighted by Gasteiger charge is 2.22. The number of anilines is 2. The predicted octanol–water partition coefficient (Wildman–Crippen LogP) is 2.33. The first kappa shape index (κ1) is 14.4. The number of halogens is 2. The first-order valence-electron chi connectivity index (χ1n) is 5.06. The van der Waals surface area contributed by atoms with Gasteiger partial charge in [-0.05, 0) is 28.1 Å². The van der Waals surface area contributed by atoms with Gasteiger partial charge in [-0.25, -0.2) is 8.42 Å². The first-order chi connectivity index (χ1) is 8.81. The number of aryl methyl sites for hydroxylation is 1. The van der Waals surface area contributed by atoms with Crippen LogP contribution in [-0.2, 0) is 17.1 Å². The summed E-state index contributed by atoms with van der Waals surface area (Å²) in [6.45, 7) is 0. The van der Waals surface area contributed by atoms with Crippen LogP contribution in [-0.4, -0.2) is 18.2 Å². The van der Waals surface area contributed by atoms with E-state index in [4.69, 9.17) is 5.73 Å². The number of nitrogen functional groups attached to an aromatic ring is 1. The number of hydrogen-bond acceptors (Lipinski definition) is 4. The third-order valence-electron chi connectivity index (χ3n) is 2.37. The zero-order valence-corrected chi connectivity index (χ0v) is 13.8. The Labute approximate surface area is 127 Å². The number of sulfonamides is 1. The van der Waals surface area contributed by atoms with Crippen LogP contribution >= 0.6 is 31.9 Å². The molecule has 0 atom stereocenters. The minimum Gasteiger partial charge on any atom is -0.398 e. The number of hydrogen-bond donors (Lipinski definition) is 2. The van der Waals surface area contributed by atoms with Crippen LogP contribution in [0, 0.1) is 0 Å². The zero-order valence-electron chi connectivity index (χ0n) is 9.76. The number of nitrogens with two attached hydrogens (primary N) is 1. The monoisotopic (exact) mass is 408 g/mol. The summed E-state index contributed by atoms with van der Waals surface area (Å²) in [5.41, 5.74) is 5.92. The Kier molecular flexibility index (Phi) is 3.88. The molecule has 3 N–H and O–H groups in total. The molecular formula is C10H10Br2N4O2S. The second-order valence-electron chi connectivity index (χ2n) is 3.75. The average molecular weight is 410 g/mol. The minimum atomic E-state index is -3.79. The summed E-state index contributed by atoms with van der Waals surface area (Å²) in [5.74, 6) is 0.356. The first-order valence-corrected chi connectivity index (χ1v) is 8.13. The van der Waals surface area contributed by atoms with Crippen molar-refractivity contribution >= 4 is 53.4 Å². The molecule has 0 bridgehead atoms. The van der Waals surface area contributed by atoms with Gasteiger partial charge in [0.15, 0.2) is 0 Å². The number of benzene rings is 1. The third-order valence-corrected chi connectivity index (χ3v) is 5.18. The molecule has 1 aromatic carbocycles. The van der Waals surface area contributed by atoms with Gasteiger partial charge in [0.25, 0.3) is 10.0 Å². The predicted molar refractivity (Wildman–Crippen MR) is 80.3 cm³/mol. The van der Waals surface area contributed by atoms with E-state index in [2.05, 4.69) is 41.7 Å². The molecule has 0 amide bonds. The lowest BCUT2D eigenvalue weighted by Crippen LogP contribution is -2.17. The average Bonchev–Trinajstić information content (AvgIpc) is 2.61. The molecule has 0 saturated heterocycles. The highest BCUT2D eigenvalue weighted by Crippen LogP contribution is 2.32. The summed E-state index contributed by atoms with van der Waals surface area (Å²) in [6.07, 6.45) is 1.50. The van der Waals surface area contributed by atoms with Crippen LogP contribution < -0.4 is 10.5 Å². The maximum absolute atomic E-state index is 12.3. The fourth-order valence-electron chi connectivity index (χ4n) is 1.53. The molecule has 0 aliphatic heterocycles. The van der Waals surface area contributed by atoms with Crippen molar-refractivity contribution in [1.29, 1.82) is 0 Å². The van der Waals surface area contributed by atoms with Gasteiger partial charge in [0.1, 0.15) is 10.7 Å². The van der Waals surface area contributed by atoms with Gasteiger partial charge in [0, 0.05) is 22.1 Å². The summed E-state index contributed by atoms with van der Waals surface area (Å²) >= 11 is 6.45. The Balaban J connectivity index is 2.49. The molecule has 0 saturated carbocycles. The third kappa shape index (κ3) is 2.93. The fraction of sp³-hybridized carbons (Fsp3) is 0.100. The summed E-state index contributed by atoms with van der Waals surface area (Å²) in [7, 11) is -2.15. The highest BCUT2D eigenvalue weighted by atomic mass is 79.9. The molecule has 0 spiro atoms. The van der Waals surface area contributed by atoms with Crippen molar-refractivity contribution in [3.63, 3.8) is 0 Å². The van der Waals surface area contributed by atoms with E-state index in [-0.39, 0.29) is 10.6 Å². The summed E-state index contributed by atoms with van der Waals surface area (Å²) in [4.78, 5) is -0.00287. The maximum Gasteiger partial charge on any atom is 0.266 e. The van der Waals surface area contributed by atoms with E-state index in [9.17, 15) is 8.42 Å². The molecule has 0 aliphatic carbocycles. The summed E-state index contributed by atoms with van der Waals surface area (Å²) in [6, 6.07) is 4.71. The van der Waals surface area contributed by atoms with E-state index < -0.39 is 10.0 Å². The number of rotatable bonds is 3. The molecule has 0 radical (unpaired) electrons. The maximum atomic E-state index is 12.3. The molecule has 6 nitrogen and oxygen atoms in total. The quantitative estimate of drug-likeness (QED) is 0.761. The fourth-order valence-corrected chi connectivity index (χ4v) is 4.69. The Morgan fingerprint density at radius 3 is 2.58 bits per heavy atom. The van der Waals surface area contributed by atoms with Gasteiger partial charge in [-0.1, -0.05) is 15.9 Å². The van der Waals surface area contributed by atoms with Gasteiger partial charge in [-0.3, -0.25) is 9.40 Å². The van der Waals surface area contributed by atoms with E-state index >= 15 is 0 Å². The lowest BCUT2D eigenvalue weighted by atomic mass is 10.3. The Bertz CT molecular complexity index is 704. The van der Waals surface area contributed by atoms with Crippen molar-refractivity contribution in [2.45, 2.75) is 4.90 Å². The van der Waals surface area contributed by atoms with Gasteiger partial charge in [0.2, 0.25) is 0 Å². The lowest BCUT2D eigenvalue weighted by Gasteiger charge is -2.12. The molecule has 2 aromatic rings. The second kappa shape index (κ2) is 5.14. The van der Waals surface area contributed by atoms with E-state index in [1.165, 1.54) is 16.9 Å². The molecule has 0 aliphatic rings. The smallest absolute Gasteiger partial charge is 0.266 e. The molecule has 102 valence electrons. The van der Waals surface area contributed by atoms with Crippen molar-refractivity contribution in [2.24, 2.45) is 7.05 Å². The minimum absolute atomic E-state index is 0.00287. The number of aromatic nitrogens is 2. The summed E-state index contributed by atoms with van der Waals surface area (Å²) in [5, 5.41) is 3.89. The Morgan fingerprint density at radius 2 is 2.05 bits per heavy atom. The zero-order chi connectivity index (χ0) is 14.2. The van der Waals surface area contributed by atoms with Crippen molar-refractivity contribution in [3.05, 3.63) is 33.3 Å². The second-order valence-corrected chi connectivity index (χ2v) is 7.14. The van der Waals surface area contributed by atoms with Crippen LogP contribution in [0.25, 0.3) is 0 Å². The van der Waals surface area contributed by atoms with Crippen LogP contribution in [0.2, 0.25) is 0 Å². The van der Waals surface area contributed by atoms with Gasteiger partial charge in [0.05, 0.1) is 11.9 Å². The summed E-state index contributed by atoms with van der Waals surface area (Å²) < 4.78 is 29.6. The molecule has 0 unspecified atom stereocenters. The van der Waals surface area contributed by atoms with E-state index in [0.717, 1.165) is 0 Å². The SMILES string of the molecule is Cn1nccc1NS(=O)(=O)c1c(N)cc(Br)cc1Br. The Morgan fingerprint density at radius 1 is 1.37 bits per heavy atom. The molecule has 9 heteroatoms. The molecule has 0 fully saturated rings. The van der Waals surface area contributed by atoms with Crippen molar-refractivity contribution in [2.75, 3.05) is 10.5 Å². The normalized spacial score (nSPS) is 11.5. The van der Waals surface area contributed by atoms with Crippen LogP contribution in [0.3, 0.4) is 0 Å². The van der Waals surface area contributed by atoms with Crippen LogP contribution in [0.1, 0.15) is 0 Å². The molecule has 1 aromatic heterocycles. The van der Waals surface area contributed by atoms with Crippen molar-refractivity contribution in [3.8, 4) is 0 Å². The van der Waals surface area contributed by atoms with Crippen LogP contribution in [0.4, 0.5) is 11.5 Å². The van der Waals surface area contributed by atoms with Crippen molar-refractivity contribution < 1.29 is 8.42 Å². The molecule has 19 heavy (non-hydrogen) atoms. The van der Waals surface area contributed by atoms with Gasteiger partial charge < -0.3 is 5.73 Å². The molecule has 2 rings (SSSR count). The van der Waals surface area contributed by atoms with Crippen molar-refractivity contribution in [1.82, 2.24) is 9.78 Å².